The number of Topliss-reactive ketones (excluding diaryl/α,β-unsaturated/α-hetero) is 1. The first kappa shape index (κ1) is 24.3. The lowest BCUT2D eigenvalue weighted by atomic mass is 10.0. The minimum Gasteiger partial charge on any atom is -0.444 e. The average Bonchev–Trinajstić information content (AvgIpc) is 2.52. The number of rotatable bonds is 10. The Labute approximate surface area is 165 Å². The Hall–Kier alpha value is -1.76. The molecule has 1 aromatic carbocycles. The van der Waals surface area contributed by atoms with Crippen LogP contribution >= 0.6 is 7.60 Å². The lowest BCUT2D eigenvalue weighted by Crippen LogP contribution is -2.45. The molecule has 0 spiro atoms. The number of nitrogens with one attached hydrogen (secondary N) is 1. The van der Waals surface area contributed by atoms with Crippen LogP contribution in [0, 0.1) is 5.82 Å². The minimum atomic E-state index is -3.64. The summed E-state index contributed by atoms with van der Waals surface area (Å²) in [5, 5.41) is 2.48. The molecule has 0 radical (unpaired) electrons. The van der Waals surface area contributed by atoms with E-state index in [1.165, 1.54) is 18.2 Å². The number of benzene rings is 1. The Kier molecular flexibility index (Phi) is 9.27. The highest BCUT2D eigenvalue weighted by atomic mass is 31.2. The van der Waals surface area contributed by atoms with Gasteiger partial charge in [0.05, 0.1) is 19.3 Å². The summed E-state index contributed by atoms with van der Waals surface area (Å²) in [5.41, 5.74) is -0.264. The van der Waals surface area contributed by atoms with Gasteiger partial charge < -0.3 is 19.1 Å². The Morgan fingerprint density at radius 3 is 2.29 bits per heavy atom. The molecule has 158 valence electrons. The van der Waals surface area contributed by atoms with Crippen LogP contribution in [0.5, 0.6) is 0 Å². The summed E-state index contributed by atoms with van der Waals surface area (Å²) < 4.78 is 41.7. The normalized spacial score (nSPS) is 13.1. The van der Waals surface area contributed by atoms with Gasteiger partial charge in [-0.25, -0.2) is 9.18 Å². The van der Waals surface area contributed by atoms with Crippen LogP contribution in [0.2, 0.25) is 0 Å². The van der Waals surface area contributed by atoms with Crippen LogP contribution in [0.3, 0.4) is 0 Å². The molecule has 1 aromatic rings. The number of carbonyl (C=O) groups excluding carboxylic acids is 2. The van der Waals surface area contributed by atoms with Crippen molar-refractivity contribution >= 4 is 19.5 Å². The van der Waals surface area contributed by atoms with Gasteiger partial charge in [-0.2, -0.15) is 0 Å². The number of halogens is 1. The molecular formula is C19H29FNO6P. The summed E-state index contributed by atoms with van der Waals surface area (Å²) in [7, 11) is -3.64. The molecule has 1 amide bonds. The Morgan fingerprint density at radius 2 is 1.79 bits per heavy atom. The van der Waals surface area contributed by atoms with E-state index in [1.54, 1.807) is 40.7 Å². The molecule has 0 fully saturated rings. The molecular weight excluding hydrogens is 388 g/mol. The first-order chi connectivity index (χ1) is 13.0. The minimum absolute atomic E-state index is 0.00802. The van der Waals surface area contributed by atoms with E-state index in [9.17, 15) is 18.5 Å². The largest absolute Gasteiger partial charge is 0.444 e. The second kappa shape index (κ2) is 10.7. The van der Waals surface area contributed by atoms with Gasteiger partial charge in [0.25, 0.3) is 0 Å². The second-order valence-electron chi connectivity index (χ2n) is 7.10. The van der Waals surface area contributed by atoms with Crippen LogP contribution in [0.15, 0.2) is 24.3 Å². The first-order valence-electron chi connectivity index (χ1n) is 9.13. The molecule has 0 aliphatic rings. The van der Waals surface area contributed by atoms with E-state index < -0.39 is 43.1 Å². The standard InChI is InChI=1S/C19H29FNO6P/c1-6-25-28(24,26-7-2)13-17(22)16(21-18(23)27-19(3,4)5)12-14-9-8-10-15(20)11-14/h8-11,16H,6-7,12-13H2,1-5H3,(H,21,23)/t16-/m0/s1. The predicted molar refractivity (Wildman–Crippen MR) is 104 cm³/mol. The van der Waals surface area contributed by atoms with Gasteiger partial charge in [-0.3, -0.25) is 9.36 Å². The fourth-order valence-electron chi connectivity index (χ4n) is 2.42. The first-order valence-corrected chi connectivity index (χ1v) is 10.9. The highest BCUT2D eigenvalue weighted by Crippen LogP contribution is 2.48. The van der Waals surface area contributed by atoms with Gasteiger partial charge >= 0.3 is 13.7 Å². The van der Waals surface area contributed by atoms with Gasteiger partial charge in [0.1, 0.15) is 17.6 Å². The lowest BCUT2D eigenvalue weighted by Gasteiger charge is -2.24. The topological polar surface area (TPSA) is 90.9 Å². The molecule has 9 heteroatoms. The van der Waals surface area contributed by atoms with Gasteiger partial charge in [0, 0.05) is 0 Å². The number of ketones is 1. The molecule has 1 rings (SSSR count). The summed E-state index contributed by atoms with van der Waals surface area (Å²) in [6.45, 7) is 8.56. The Bertz CT molecular complexity index is 709. The van der Waals surface area contributed by atoms with E-state index in [0.29, 0.717) is 5.56 Å². The molecule has 0 bridgehead atoms. The van der Waals surface area contributed by atoms with E-state index in [2.05, 4.69) is 5.32 Å². The van der Waals surface area contributed by atoms with E-state index in [0.717, 1.165) is 0 Å². The van der Waals surface area contributed by atoms with E-state index >= 15 is 0 Å². The summed E-state index contributed by atoms with van der Waals surface area (Å²) in [5.74, 6) is -1.02. The smallest absolute Gasteiger partial charge is 0.408 e. The third-order valence-electron chi connectivity index (χ3n) is 3.41. The fraction of sp³-hybridized carbons (Fsp3) is 0.579. The van der Waals surface area contributed by atoms with Crippen molar-refractivity contribution in [3.63, 3.8) is 0 Å². The highest BCUT2D eigenvalue weighted by molar-refractivity contribution is 7.54. The SMILES string of the molecule is CCOP(=O)(CC(=O)[C@H](Cc1cccc(F)c1)NC(=O)OC(C)(C)C)OCC. The summed E-state index contributed by atoms with van der Waals surface area (Å²) in [6, 6.07) is 4.60. The maximum Gasteiger partial charge on any atom is 0.408 e. The second-order valence-corrected chi connectivity index (χ2v) is 9.16. The van der Waals surface area contributed by atoms with Crippen molar-refractivity contribution in [2.75, 3.05) is 19.4 Å². The van der Waals surface area contributed by atoms with Crippen LogP contribution in [-0.2, 0) is 29.6 Å². The van der Waals surface area contributed by atoms with Crippen LogP contribution in [0.4, 0.5) is 9.18 Å². The van der Waals surface area contributed by atoms with Crippen molar-refractivity contribution in [2.24, 2.45) is 0 Å². The van der Waals surface area contributed by atoms with Crippen molar-refractivity contribution in [3.8, 4) is 0 Å². The summed E-state index contributed by atoms with van der Waals surface area (Å²) >= 11 is 0. The van der Waals surface area contributed by atoms with Gasteiger partial charge in [-0.15, -0.1) is 0 Å². The quantitative estimate of drug-likeness (QED) is 0.577. The van der Waals surface area contributed by atoms with E-state index in [-0.39, 0.29) is 19.6 Å². The molecule has 0 aliphatic carbocycles. The zero-order valence-electron chi connectivity index (χ0n) is 17.0. The molecule has 7 nitrogen and oxygen atoms in total. The zero-order chi connectivity index (χ0) is 21.4. The number of hydrogen-bond acceptors (Lipinski definition) is 6. The molecule has 28 heavy (non-hydrogen) atoms. The van der Waals surface area contributed by atoms with Crippen molar-refractivity contribution in [1.29, 1.82) is 0 Å². The van der Waals surface area contributed by atoms with Gasteiger partial charge in [-0.05, 0) is 58.7 Å². The monoisotopic (exact) mass is 417 g/mol. The third-order valence-corrected chi connectivity index (χ3v) is 5.41. The van der Waals surface area contributed by atoms with Crippen molar-refractivity contribution in [2.45, 2.75) is 52.7 Å². The molecule has 0 aliphatic heterocycles. The number of ether oxygens (including phenoxy) is 1. The van der Waals surface area contributed by atoms with E-state index in [1.807, 2.05) is 0 Å². The van der Waals surface area contributed by atoms with Crippen molar-refractivity contribution in [3.05, 3.63) is 35.6 Å². The highest BCUT2D eigenvalue weighted by Gasteiger charge is 2.33. The van der Waals surface area contributed by atoms with Crippen LogP contribution in [-0.4, -0.2) is 42.9 Å². The fourth-order valence-corrected chi connectivity index (χ4v) is 4.06. The number of alkyl carbamates (subject to hydrolysis) is 1. The maximum atomic E-state index is 13.5. The summed E-state index contributed by atoms with van der Waals surface area (Å²) in [4.78, 5) is 25.0. The Morgan fingerprint density at radius 1 is 1.18 bits per heavy atom. The van der Waals surface area contributed by atoms with Crippen LogP contribution < -0.4 is 5.32 Å². The number of amides is 1. The Balaban J connectivity index is 3.02. The molecule has 1 atom stereocenters. The van der Waals surface area contributed by atoms with Crippen LogP contribution in [0.1, 0.15) is 40.2 Å². The summed E-state index contributed by atoms with van der Waals surface area (Å²) in [6.07, 6.45) is -1.30. The van der Waals surface area contributed by atoms with Gasteiger partial charge in [0.15, 0.2) is 5.78 Å². The maximum absolute atomic E-state index is 13.5. The van der Waals surface area contributed by atoms with Crippen molar-refractivity contribution < 1.29 is 32.3 Å². The van der Waals surface area contributed by atoms with E-state index in [4.69, 9.17) is 13.8 Å². The van der Waals surface area contributed by atoms with Crippen molar-refractivity contribution in [1.82, 2.24) is 5.32 Å². The molecule has 0 unspecified atom stereocenters. The molecule has 0 saturated carbocycles. The molecule has 0 heterocycles. The third kappa shape index (κ3) is 8.95. The molecule has 0 saturated heterocycles. The predicted octanol–water partition coefficient (Wildman–Crippen LogP) is 4.10. The lowest BCUT2D eigenvalue weighted by molar-refractivity contribution is -0.119. The average molecular weight is 417 g/mol. The van der Waals surface area contributed by atoms with Crippen LogP contribution in [0.25, 0.3) is 0 Å². The number of carbonyl (C=O) groups is 2. The number of hydrogen-bond donors (Lipinski definition) is 1. The molecule has 1 N–H and O–H groups in total. The zero-order valence-corrected chi connectivity index (χ0v) is 17.9. The van der Waals surface area contributed by atoms with Gasteiger partial charge in [0.2, 0.25) is 0 Å². The van der Waals surface area contributed by atoms with Gasteiger partial charge in [-0.1, -0.05) is 12.1 Å². The molecule has 0 aromatic heterocycles.